The number of anilines is 1. The van der Waals surface area contributed by atoms with Crippen LogP contribution in [0.4, 0.5) is 5.69 Å². The number of amides is 2. The molecule has 4 rings (SSSR count). The molecule has 8 heteroatoms. The van der Waals surface area contributed by atoms with E-state index in [4.69, 9.17) is 4.74 Å². The van der Waals surface area contributed by atoms with E-state index in [1.807, 2.05) is 29.0 Å². The molecule has 1 fully saturated rings. The number of nitrogens with one attached hydrogen (secondary N) is 2. The predicted octanol–water partition coefficient (Wildman–Crippen LogP) is 3.88. The third-order valence-electron chi connectivity index (χ3n) is 6.35. The lowest BCUT2D eigenvalue weighted by Gasteiger charge is -2.35. The van der Waals surface area contributed by atoms with Crippen LogP contribution in [0.15, 0.2) is 67.3 Å². The van der Waals surface area contributed by atoms with E-state index in [2.05, 4.69) is 26.6 Å². The Morgan fingerprint density at radius 1 is 1.09 bits per heavy atom. The van der Waals surface area contributed by atoms with Gasteiger partial charge in [-0.3, -0.25) is 14.5 Å². The van der Waals surface area contributed by atoms with Gasteiger partial charge in [0, 0.05) is 48.7 Å². The number of para-hydroxylation sites is 1. The summed E-state index contributed by atoms with van der Waals surface area (Å²) in [4.78, 5) is 31.8. The molecule has 1 saturated heterocycles. The molecule has 184 valence electrons. The SMILES string of the molecule is COc1ccccc1C(CNC(=O)c1cccc(NC(=O)CCn2ccnc2)c1)N1CCCCC1. The van der Waals surface area contributed by atoms with Crippen LogP contribution in [0.25, 0.3) is 0 Å². The van der Waals surface area contributed by atoms with E-state index in [-0.39, 0.29) is 17.9 Å². The fraction of sp³-hybridized carbons (Fsp3) is 0.370. The number of hydrogen-bond donors (Lipinski definition) is 2. The van der Waals surface area contributed by atoms with Gasteiger partial charge in [-0.2, -0.15) is 0 Å². The van der Waals surface area contributed by atoms with Crippen molar-refractivity contribution < 1.29 is 14.3 Å². The van der Waals surface area contributed by atoms with Gasteiger partial charge in [0.25, 0.3) is 5.91 Å². The lowest BCUT2D eigenvalue weighted by Crippen LogP contribution is -2.40. The summed E-state index contributed by atoms with van der Waals surface area (Å²) in [6.07, 6.45) is 9.06. The highest BCUT2D eigenvalue weighted by Crippen LogP contribution is 2.31. The van der Waals surface area contributed by atoms with Crippen molar-refractivity contribution in [2.45, 2.75) is 38.3 Å². The quantitative estimate of drug-likeness (QED) is 0.465. The number of rotatable bonds is 10. The Morgan fingerprint density at radius 3 is 2.69 bits per heavy atom. The second kappa shape index (κ2) is 12.2. The summed E-state index contributed by atoms with van der Waals surface area (Å²) in [5, 5.41) is 5.99. The second-order valence-electron chi connectivity index (χ2n) is 8.74. The zero-order valence-electron chi connectivity index (χ0n) is 20.2. The number of ether oxygens (including phenoxy) is 1. The molecule has 1 aliphatic rings. The number of aromatic nitrogens is 2. The summed E-state index contributed by atoms with van der Waals surface area (Å²) in [5.74, 6) is 0.548. The average molecular weight is 476 g/mol. The molecule has 0 radical (unpaired) electrons. The molecule has 0 spiro atoms. The molecule has 3 aromatic rings. The number of methoxy groups -OCH3 is 1. The Kier molecular flexibility index (Phi) is 8.51. The molecule has 1 atom stereocenters. The van der Waals surface area contributed by atoms with Crippen molar-refractivity contribution in [3.63, 3.8) is 0 Å². The third-order valence-corrected chi connectivity index (χ3v) is 6.35. The van der Waals surface area contributed by atoms with Gasteiger partial charge in [0.15, 0.2) is 0 Å². The minimum absolute atomic E-state index is 0.0291. The number of carbonyl (C=O) groups is 2. The molecule has 2 N–H and O–H groups in total. The summed E-state index contributed by atoms with van der Waals surface area (Å²) < 4.78 is 7.47. The van der Waals surface area contributed by atoms with Gasteiger partial charge in [0.1, 0.15) is 5.75 Å². The molecular formula is C27H33N5O3. The molecule has 0 bridgehead atoms. The Bertz CT molecular complexity index is 1110. The minimum atomic E-state index is -0.170. The van der Waals surface area contributed by atoms with Gasteiger partial charge in [0.2, 0.25) is 5.91 Å². The van der Waals surface area contributed by atoms with Gasteiger partial charge in [-0.1, -0.05) is 30.7 Å². The number of nitrogens with zero attached hydrogens (tertiary/aromatic N) is 3. The Balaban J connectivity index is 1.39. The zero-order valence-corrected chi connectivity index (χ0v) is 20.2. The number of hydrogen-bond acceptors (Lipinski definition) is 5. The molecule has 0 aliphatic carbocycles. The Morgan fingerprint density at radius 2 is 1.91 bits per heavy atom. The van der Waals surface area contributed by atoms with Gasteiger partial charge < -0.3 is 19.9 Å². The fourth-order valence-corrected chi connectivity index (χ4v) is 4.51. The smallest absolute Gasteiger partial charge is 0.251 e. The normalized spacial score (nSPS) is 14.8. The van der Waals surface area contributed by atoms with Gasteiger partial charge in [-0.05, 0) is 50.2 Å². The first kappa shape index (κ1) is 24.5. The van der Waals surface area contributed by atoms with E-state index in [9.17, 15) is 9.59 Å². The van der Waals surface area contributed by atoms with Crippen LogP contribution < -0.4 is 15.4 Å². The average Bonchev–Trinajstić information content (AvgIpc) is 3.42. The van der Waals surface area contributed by atoms with E-state index >= 15 is 0 Å². The van der Waals surface area contributed by atoms with Crippen LogP contribution in [0.3, 0.4) is 0 Å². The maximum atomic E-state index is 13.1. The first-order valence-electron chi connectivity index (χ1n) is 12.1. The highest BCUT2D eigenvalue weighted by Gasteiger charge is 2.25. The summed E-state index contributed by atoms with van der Waals surface area (Å²) in [6, 6.07) is 15.1. The lowest BCUT2D eigenvalue weighted by atomic mass is 10.0. The summed E-state index contributed by atoms with van der Waals surface area (Å²) in [7, 11) is 1.68. The highest BCUT2D eigenvalue weighted by molar-refractivity contribution is 5.97. The molecule has 1 aliphatic heterocycles. The maximum Gasteiger partial charge on any atom is 0.251 e. The summed E-state index contributed by atoms with van der Waals surface area (Å²) in [6.45, 7) is 3.02. The minimum Gasteiger partial charge on any atom is -0.496 e. The zero-order chi connectivity index (χ0) is 24.5. The van der Waals surface area contributed by atoms with Crippen molar-refractivity contribution in [3.8, 4) is 5.75 Å². The lowest BCUT2D eigenvalue weighted by molar-refractivity contribution is -0.116. The third kappa shape index (κ3) is 6.70. The van der Waals surface area contributed by atoms with E-state index < -0.39 is 0 Å². The van der Waals surface area contributed by atoms with Crippen molar-refractivity contribution in [1.29, 1.82) is 0 Å². The molecule has 1 aromatic heterocycles. The number of benzene rings is 2. The van der Waals surface area contributed by atoms with E-state index in [0.717, 1.165) is 37.2 Å². The number of carbonyl (C=O) groups excluding carboxylic acids is 2. The van der Waals surface area contributed by atoms with Crippen molar-refractivity contribution in [2.24, 2.45) is 0 Å². The summed E-state index contributed by atoms with van der Waals surface area (Å²) >= 11 is 0. The number of aryl methyl sites for hydroxylation is 1. The number of piperidine rings is 1. The first-order chi connectivity index (χ1) is 17.1. The monoisotopic (exact) mass is 475 g/mol. The molecule has 2 amide bonds. The van der Waals surface area contributed by atoms with Crippen molar-refractivity contribution in [1.82, 2.24) is 19.8 Å². The van der Waals surface area contributed by atoms with Gasteiger partial charge in [-0.15, -0.1) is 0 Å². The van der Waals surface area contributed by atoms with Crippen molar-refractivity contribution in [2.75, 3.05) is 32.1 Å². The van der Waals surface area contributed by atoms with E-state index in [1.54, 1.807) is 43.9 Å². The van der Waals surface area contributed by atoms with E-state index in [0.29, 0.717) is 30.8 Å². The van der Waals surface area contributed by atoms with Crippen LogP contribution >= 0.6 is 0 Å². The van der Waals surface area contributed by atoms with Crippen LogP contribution in [0.5, 0.6) is 5.75 Å². The van der Waals surface area contributed by atoms with Gasteiger partial charge >= 0.3 is 0 Å². The molecule has 2 heterocycles. The van der Waals surface area contributed by atoms with Crippen LogP contribution in [0.1, 0.15) is 47.6 Å². The number of likely N-dealkylation sites (tertiary alicyclic amines) is 1. The standard InChI is InChI=1S/C27H33N5O3/c1-35-25-11-4-3-10-23(25)24(32-14-5-2-6-15-32)19-29-27(34)21-8-7-9-22(18-21)30-26(33)12-16-31-17-13-28-20-31/h3-4,7-11,13,17-18,20,24H,2,5-6,12,14-16,19H2,1H3,(H,29,34)(H,30,33). The van der Waals surface area contributed by atoms with Gasteiger partial charge in [0.05, 0.1) is 19.5 Å². The maximum absolute atomic E-state index is 13.1. The summed E-state index contributed by atoms with van der Waals surface area (Å²) in [5.41, 5.74) is 2.19. The van der Waals surface area contributed by atoms with E-state index in [1.165, 1.54) is 6.42 Å². The molecule has 35 heavy (non-hydrogen) atoms. The molecule has 1 unspecified atom stereocenters. The highest BCUT2D eigenvalue weighted by atomic mass is 16.5. The number of imidazole rings is 1. The van der Waals surface area contributed by atoms with Crippen LogP contribution in [0.2, 0.25) is 0 Å². The topological polar surface area (TPSA) is 88.5 Å². The van der Waals surface area contributed by atoms with Gasteiger partial charge in [-0.25, -0.2) is 4.98 Å². The predicted molar refractivity (Wildman–Crippen MR) is 135 cm³/mol. The second-order valence-corrected chi connectivity index (χ2v) is 8.74. The fourth-order valence-electron chi connectivity index (χ4n) is 4.51. The molecular weight excluding hydrogens is 442 g/mol. The molecule has 0 saturated carbocycles. The Labute approximate surface area is 206 Å². The Hall–Kier alpha value is -3.65. The van der Waals surface area contributed by atoms with Crippen LogP contribution in [-0.2, 0) is 11.3 Å². The van der Waals surface area contributed by atoms with Crippen LogP contribution in [0, 0.1) is 0 Å². The first-order valence-corrected chi connectivity index (χ1v) is 12.1. The van der Waals surface area contributed by atoms with Crippen molar-refractivity contribution >= 4 is 17.5 Å². The molecule has 2 aromatic carbocycles. The molecule has 8 nitrogen and oxygen atoms in total. The largest absolute Gasteiger partial charge is 0.496 e. The van der Waals surface area contributed by atoms with Crippen molar-refractivity contribution in [3.05, 3.63) is 78.4 Å². The van der Waals surface area contributed by atoms with Crippen LogP contribution in [-0.4, -0.2) is 53.0 Å².